The zero-order valence-electron chi connectivity index (χ0n) is 20.1. The first-order valence-electron chi connectivity index (χ1n) is 11.5. The van der Waals surface area contributed by atoms with E-state index in [1.54, 1.807) is 12.1 Å². The highest BCUT2D eigenvalue weighted by molar-refractivity contribution is 7.92. The van der Waals surface area contributed by atoms with E-state index in [9.17, 15) is 13.2 Å². The fourth-order valence-corrected chi connectivity index (χ4v) is 4.84. The number of amides is 1. The van der Waals surface area contributed by atoms with E-state index in [1.807, 2.05) is 49.0 Å². The van der Waals surface area contributed by atoms with Crippen molar-refractivity contribution in [1.29, 1.82) is 0 Å². The number of benzene rings is 2. The second-order valence-corrected chi connectivity index (χ2v) is 9.89. The van der Waals surface area contributed by atoms with Gasteiger partial charge in [0.2, 0.25) is 5.95 Å². The average Bonchev–Trinajstić information content (AvgIpc) is 3.29. The van der Waals surface area contributed by atoms with E-state index in [0.717, 1.165) is 17.8 Å². The molecule has 0 aliphatic heterocycles. The summed E-state index contributed by atoms with van der Waals surface area (Å²) in [5.41, 5.74) is 3.90. The molecule has 0 spiro atoms. The molecule has 10 nitrogen and oxygen atoms in total. The Kier molecular flexibility index (Phi) is 6.36. The summed E-state index contributed by atoms with van der Waals surface area (Å²) in [6.07, 6.45) is 4.80. The monoisotopic (exact) mass is 513 g/mol. The van der Waals surface area contributed by atoms with Gasteiger partial charge in [-0.1, -0.05) is 18.2 Å². The number of fused-ring (bicyclic) bond motifs is 1. The Morgan fingerprint density at radius 1 is 1.00 bits per heavy atom. The number of carbonyl (C=O) groups is 1. The number of pyridine rings is 1. The number of carbonyl (C=O) groups excluding carboxylic acids is 1. The van der Waals surface area contributed by atoms with Crippen LogP contribution in [0.15, 0.2) is 84.1 Å². The van der Waals surface area contributed by atoms with Crippen LogP contribution >= 0.6 is 0 Å². The summed E-state index contributed by atoms with van der Waals surface area (Å²) in [4.78, 5) is 25.9. The molecule has 5 rings (SSSR count). The maximum absolute atomic E-state index is 13.4. The summed E-state index contributed by atoms with van der Waals surface area (Å²) in [7, 11) is -3.88. The average molecular weight is 514 g/mol. The number of hydrogen-bond donors (Lipinski definition) is 2. The molecule has 1 amide bonds. The van der Waals surface area contributed by atoms with Gasteiger partial charge >= 0.3 is 0 Å². The molecule has 3 aromatic heterocycles. The van der Waals surface area contributed by atoms with Crippen LogP contribution in [0.2, 0.25) is 0 Å². The number of hydrogen-bond acceptors (Lipinski definition) is 7. The summed E-state index contributed by atoms with van der Waals surface area (Å²) in [5, 5.41) is 8.06. The maximum atomic E-state index is 13.4. The lowest BCUT2D eigenvalue weighted by atomic mass is 10.0. The maximum Gasteiger partial charge on any atom is 0.264 e. The van der Waals surface area contributed by atoms with Crippen molar-refractivity contribution in [3.63, 3.8) is 0 Å². The molecule has 0 bridgehead atoms. The quantitative estimate of drug-likeness (QED) is 0.332. The number of aromatic nitrogens is 5. The van der Waals surface area contributed by atoms with Gasteiger partial charge in [-0.2, -0.15) is 5.10 Å². The highest BCUT2D eigenvalue weighted by Gasteiger charge is 2.18. The Hall–Kier alpha value is -4.64. The predicted octanol–water partition coefficient (Wildman–Crippen LogP) is 4.27. The van der Waals surface area contributed by atoms with Gasteiger partial charge in [-0.15, -0.1) is 0 Å². The van der Waals surface area contributed by atoms with Gasteiger partial charge in [-0.3, -0.25) is 9.48 Å². The first-order chi connectivity index (χ1) is 17.8. The van der Waals surface area contributed by atoms with Gasteiger partial charge in [-0.25, -0.2) is 28.1 Å². The second kappa shape index (κ2) is 9.78. The fraction of sp³-hybridized carbons (Fsp3) is 0.115. The lowest BCUT2D eigenvalue weighted by Gasteiger charge is -2.11. The van der Waals surface area contributed by atoms with Crippen LogP contribution in [-0.2, 0) is 16.6 Å². The normalized spacial score (nSPS) is 11.4. The Balaban J connectivity index is 1.43. The van der Waals surface area contributed by atoms with Crippen molar-refractivity contribution < 1.29 is 13.2 Å². The standard InChI is InChI=1S/C26H23N7O3S/c1-3-33-16-22(17(2)31-33)24-15-21(20-7-4-5-8-23(20)30-24)25(34)29-18-9-11-19(12-10-18)37(35,36)32-26-27-13-6-14-28-26/h4-16H,3H2,1-2H3,(H,29,34)(H,27,28,32). The van der Waals surface area contributed by atoms with Crippen LogP contribution < -0.4 is 10.0 Å². The van der Waals surface area contributed by atoms with Crippen molar-refractivity contribution in [2.24, 2.45) is 0 Å². The first kappa shape index (κ1) is 24.1. The summed E-state index contributed by atoms with van der Waals surface area (Å²) in [6.45, 7) is 4.64. The number of para-hydroxylation sites is 1. The molecule has 0 saturated carbocycles. The lowest BCUT2D eigenvalue weighted by Crippen LogP contribution is -2.15. The molecule has 2 aromatic carbocycles. The minimum atomic E-state index is -3.88. The molecular weight excluding hydrogens is 490 g/mol. The van der Waals surface area contributed by atoms with Gasteiger partial charge in [0, 0.05) is 41.8 Å². The van der Waals surface area contributed by atoms with Crippen molar-refractivity contribution in [2.45, 2.75) is 25.3 Å². The Labute approximate surface area is 213 Å². The molecule has 0 aliphatic carbocycles. The van der Waals surface area contributed by atoms with Crippen molar-refractivity contribution in [1.82, 2.24) is 24.7 Å². The highest BCUT2D eigenvalue weighted by atomic mass is 32.2. The van der Waals surface area contributed by atoms with Crippen LogP contribution in [0, 0.1) is 6.92 Å². The molecular formula is C26H23N7O3S. The molecule has 5 aromatic rings. The Morgan fingerprint density at radius 3 is 2.43 bits per heavy atom. The van der Waals surface area contributed by atoms with Gasteiger partial charge in [0.1, 0.15) is 0 Å². The van der Waals surface area contributed by atoms with Crippen LogP contribution in [0.3, 0.4) is 0 Å². The van der Waals surface area contributed by atoms with Gasteiger partial charge in [0.05, 0.1) is 27.4 Å². The van der Waals surface area contributed by atoms with Crippen LogP contribution in [0.25, 0.3) is 22.2 Å². The number of aryl methyl sites for hydroxylation is 2. The Bertz CT molecular complexity index is 1700. The van der Waals surface area contributed by atoms with Gasteiger partial charge in [0.15, 0.2) is 0 Å². The van der Waals surface area contributed by atoms with Gasteiger partial charge in [0.25, 0.3) is 15.9 Å². The zero-order chi connectivity index (χ0) is 26.0. The molecule has 11 heteroatoms. The summed E-state index contributed by atoms with van der Waals surface area (Å²) in [5.74, 6) is -0.369. The van der Waals surface area contributed by atoms with Crippen molar-refractivity contribution in [3.8, 4) is 11.3 Å². The highest BCUT2D eigenvalue weighted by Crippen LogP contribution is 2.27. The summed E-state index contributed by atoms with van der Waals surface area (Å²) in [6, 6.07) is 16.6. The van der Waals surface area contributed by atoms with Crippen molar-refractivity contribution in [2.75, 3.05) is 10.0 Å². The molecule has 0 saturated heterocycles. The number of anilines is 2. The number of sulfonamides is 1. The third-order valence-corrected chi connectivity index (χ3v) is 7.07. The summed E-state index contributed by atoms with van der Waals surface area (Å²) < 4.78 is 29.4. The van der Waals surface area contributed by atoms with Crippen LogP contribution in [-0.4, -0.2) is 39.1 Å². The molecule has 2 N–H and O–H groups in total. The van der Waals surface area contributed by atoms with Gasteiger partial charge in [-0.05, 0) is 56.3 Å². The Morgan fingerprint density at radius 2 is 1.73 bits per heavy atom. The SMILES string of the molecule is CCn1cc(-c2cc(C(=O)Nc3ccc(S(=O)(=O)Nc4ncccn4)cc3)c3ccccc3n2)c(C)n1. The zero-order valence-corrected chi connectivity index (χ0v) is 20.9. The predicted molar refractivity (Wildman–Crippen MR) is 141 cm³/mol. The van der Waals surface area contributed by atoms with Crippen LogP contribution in [0.5, 0.6) is 0 Å². The molecule has 0 fully saturated rings. The van der Waals surface area contributed by atoms with Crippen LogP contribution in [0.1, 0.15) is 23.0 Å². The second-order valence-electron chi connectivity index (χ2n) is 8.21. The molecule has 0 atom stereocenters. The van der Waals surface area contributed by atoms with Gasteiger partial charge < -0.3 is 5.32 Å². The molecule has 186 valence electrons. The largest absolute Gasteiger partial charge is 0.322 e. The molecule has 0 aliphatic rings. The van der Waals surface area contributed by atoms with E-state index in [0.29, 0.717) is 27.8 Å². The van der Waals surface area contributed by atoms with Crippen molar-refractivity contribution >= 4 is 38.5 Å². The third-order valence-electron chi connectivity index (χ3n) is 5.72. The molecule has 3 heterocycles. The molecule has 0 unspecified atom stereocenters. The fourth-order valence-electron chi connectivity index (χ4n) is 3.88. The third kappa shape index (κ3) is 5.02. The van der Waals surface area contributed by atoms with E-state index in [-0.39, 0.29) is 16.8 Å². The first-order valence-corrected chi connectivity index (χ1v) is 13.0. The van der Waals surface area contributed by atoms with E-state index in [1.165, 1.54) is 36.7 Å². The smallest absolute Gasteiger partial charge is 0.264 e. The lowest BCUT2D eigenvalue weighted by molar-refractivity contribution is 0.102. The van der Waals surface area contributed by atoms with Crippen molar-refractivity contribution in [3.05, 3.63) is 90.5 Å². The van der Waals surface area contributed by atoms with Crippen LogP contribution in [0.4, 0.5) is 11.6 Å². The number of nitrogens with one attached hydrogen (secondary N) is 2. The number of rotatable bonds is 7. The van der Waals surface area contributed by atoms with E-state index >= 15 is 0 Å². The van der Waals surface area contributed by atoms with E-state index in [4.69, 9.17) is 4.98 Å². The minimum Gasteiger partial charge on any atom is -0.322 e. The summed E-state index contributed by atoms with van der Waals surface area (Å²) >= 11 is 0. The molecule has 37 heavy (non-hydrogen) atoms. The van der Waals surface area contributed by atoms with E-state index in [2.05, 4.69) is 25.1 Å². The minimum absolute atomic E-state index is 0.0120. The molecule has 0 radical (unpaired) electrons. The topological polar surface area (TPSA) is 132 Å². The van der Waals surface area contributed by atoms with E-state index < -0.39 is 10.0 Å². The number of nitrogens with zero attached hydrogens (tertiary/aromatic N) is 5.